The van der Waals surface area contributed by atoms with E-state index in [0.717, 1.165) is 28.0 Å². The van der Waals surface area contributed by atoms with Gasteiger partial charge in [-0.05, 0) is 48.5 Å². The van der Waals surface area contributed by atoms with Crippen LogP contribution in [0.3, 0.4) is 0 Å². The van der Waals surface area contributed by atoms with Gasteiger partial charge in [-0.2, -0.15) is 5.10 Å². The number of hydrogen-bond donors (Lipinski definition) is 2. The second-order valence-electron chi connectivity index (χ2n) is 7.46. The molecule has 0 aliphatic carbocycles. The van der Waals surface area contributed by atoms with Gasteiger partial charge in [-0.1, -0.05) is 66.2 Å². The quantitative estimate of drug-likeness (QED) is 0.383. The molecule has 7 heteroatoms. The average Bonchev–Trinajstić information content (AvgIpc) is 3.17. The summed E-state index contributed by atoms with van der Waals surface area (Å²) in [6.45, 7) is 2.93. The van der Waals surface area contributed by atoms with E-state index in [2.05, 4.69) is 15.5 Å². The molecular weight excluding hydrogens is 420 g/mol. The van der Waals surface area contributed by atoms with Crippen molar-refractivity contribution < 1.29 is 9.53 Å². The van der Waals surface area contributed by atoms with Gasteiger partial charge in [0.05, 0.1) is 0 Å². The molecule has 2 N–H and O–H groups in total. The molecule has 0 fully saturated rings. The summed E-state index contributed by atoms with van der Waals surface area (Å²) in [6, 6.07) is 25.5. The standard InChI is InChI=1S/C25H24N4O2S/c1-18-8-7-11-19(14-18)24-27-28-25(32)29(24)16-23(30)26-15-20-9-5-6-10-21(20)17-31-22-12-3-2-4-13-22/h2-14H,15-17H2,1H3,(H,26,30)(H,28,32). The summed E-state index contributed by atoms with van der Waals surface area (Å²) < 4.78 is 7.99. The molecule has 0 saturated carbocycles. The van der Waals surface area contributed by atoms with Crippen LogP contribution < -0.4 is 10.1 Å². The minimum atomic E-state index is -0.143. The molecule has 0 aliphatic rings. The Morgan fingerprint density at radius 1 is 1.03 bits per heavy atom. The SMILES string of the molecule is Cc1cccc(-c2n[nH]c(=S)n2CC(=O)NCc2ccccc2COc2ccccc2)c1. The third-order valence-electron chi connectivity index (χ3n) is 5.07. The first kappa shape index (κ1) is 21.5. The molecule has 0 bridgehead atoms. The molecular formula is C25H24N4O2S. The lowest BCUT2D eigenvalue weighted by molar-refractivity contribution is -0.121. The van der Waals surface area contributed by atoms with E-state index in [0.29, 0.717) is 23.7 Å². The van der Waals surface area contributed by atoms with Crippen LogP contribution in [0.5, 0.6) is 5.75 Å². The largest absolute Gasteiger partial charge is 0.489 e. The highest BCUT2D eigenvalue weighted by Gasteiger charge is 2.13. The highest BCUT2D eigenvalue weighted by molar-refractivity contribution is 7.71. The number of H-pyrrole nitrogens is 1. The predicted octanol–water partition coefficient (Wildman–Crippen LogP) is 4.81. The number of aromatic nitrogens is 3. The molecule has 6 nitrogen and oxygen atoms in total. The molecule has 1 amide bonds. The van der Waals surface area contributed by atoms with Crippen molar-refractivity contribution in [2.75, 3.05) is 0 Å². The van der Waals surface area contributed by atoms with E-state index in [4.69, 9.17) is 17.0 Å². The minimum Gasteiger partial charge on any atom is -0.489 e. The van der Waals surface area contributed by atoms with Crippen molar-refractivity contribution in [2.24, 2.45) is 0 Å². The minimum absolute atomic E-state index is 0.0846. The number of aryl methyl sites for hydroxylation is 1. The smallest absolute Gasteiger partial charge is 0.240 e. The molecule has 0 atom stereocenters. The number of hydrogen-bond acceptors (Lipinski definition) is 4. The molecule has 162 valence electrons. The van der Waals surface area contributed by atoms with Crippen LogP contribution >= 0.6 is 12.2 Å². The molecule has 0 spiro atoms. The molecule has 0 unspecified atom stereocenters. The third kappa shape index (κ3) is 5.31. The van der Waals surface area contributed by atoms with E-state index < -0.39 is 0 Å². The van der Waals surface area contributed by atoms with Gasteiger partial charge < -0.3 is 10.1 Å². The molecule has 0 radical (unpaired) electrons. The average molecular weight is 445 g/mol. The number of carbonyl (C=O) groups is 1. The number of nitrogens with one attached hydrogen (secondary N) is 2. The van der Waals surface area contributed by atoms with E-state index in [1.54, 1.807) is 4.57 Å². The highest BCUT2D eigenvalue weighted by atomic mass is 32.1. The number of carbonyl (C=O) groups excluding carboxylic acids is 1. The highest BCUT2D eigenvalue weighted by Crippen LogP contribution is 2.19. The maximum Gasteiger partial charge on any atom is 0.240 e. The summed E-state index contributed by atoms with van der Waals surface area (Å²) in [6.07, 6.45) is 0. The van der Waals surface area contributed by atoms with Gasteiger partial charge in [0.1, 0.15) is 18.9 Å². The summed E-state index contributed by atoms with van der Waals surface area (Å²) in [7, 11) is 0. The van der Waals surface area contributed by atoms with Crippen molar-refractivity contribution in [1.29, 1.82) is 0 Å². The van der Waals surface area contributed by atoms with E-state index in [1.807, 2.05) is 85.8 Å². The van der Waals surface area contributed by atoms with Crippen molar-refractivity contribution in [1.82, 2.24) is 20.1 Å². The van der Waals surface area contributed by atoms with Crippen molar-refractivity contribution in [2.45, 2.75) is 26.6 Å². The van der Waals surface area contributed by atoms with Crippen LogP contribution in [-0.2, 0) is 24.5 Å². The van der Waals surface area contributed by atoms with Crippen molar-refractivity contribution in [3.63, 3.8) is 0 Å². The van der Waals surface area contributed by atoms with Gasteiger partial charge >= 0.3 is 0 Å². The van der Waals surface area contributed by atoms with E-state index in [1.165, 1.54) is 0 Å². The third-order valence-corrected chi connectivity index (χ3v) is 5.38. The van der Waals surface area contributed by atoms with Gasteiger partial charge in [0.2, 0.25) is 5.91 Å². The van der Waals surface area contributed by atoms with Crippen LogP contribution in [0.25, 0.3) is 11.4 Å². The normalized spacial score (nSPS) is 10.7. The first-order valence-electron chi connectivity index (χ1n) is 10.3. The van der Waals surface area contributed by atoms with E-state index >= 15 is 0 Å². The number of aromatic amines is 1. The fourth-order valence-electron chi connectivity index (χ4n) is 3.41. The zero-order valence-electron chi connectivity index (χ0n) is 17.7. The van der Waals surface area contributed by atoms with Crippen molar-refractivity contribution in [3.05, 3.63) is 100 Å². The van der Waals surface area contributed by atoms with Gasteiger partial charge in [-0.3, -0.25) is 14.5 Å². The molecule has 3 aromatic carbocycles. The Hall–Kier alpha value is -3.71. The fraction of sp³-hybridized carbons (Fsp3) is 0.160. The van der Waals surface area contributed by atoms with E-state index in [-0.39, 0.29) is 12.5 Å². The Balaban J connectivity index is 1.41. The van der Waals surface area contributed by atoms with Crippen LogP contribution in [-0.4, -0.2) is 20.7 Å². The van der Waals surface area contributed by atoms with Crippen LogP contribution in [0.1, 0.15) is 16.7 Å². The molecule has 4 aromatic rings. The van der Waals surface area contributed by atoms with Crippen molar-refractivity contribution >= 4 is 18.1 Å². The van der Waals surface area contributed by atoms with Gasteiger partial charge in [0.25, 0.3) is 0 Å². The number of amides is 1. The monoisotopic (exact) mass is 444 g/mol. The second kappa shape index (κ2) is 10.1. The Morgan fingerprint density at radius 3 is 2.56 bits per heavy atom. The summed E-state index contributed by atoms with van der Waals surface area (Å²) in [5.41, 5.74) is 4.05. The Bertz CT molecular complexity index is 1260. The number of benzene rings is 3. The molecule has 32 heavy (non-hydrogen) atoms. The van der Waals surface area contributed by atoms with Crippen molar-refractivity contribution in [3.8, 4) is 17.1 Å². The second-order valence-corrected chi connectivity index (χ2v) is 7.84. The zero-order chi connectivity index (χ0) is 22.3. The van der Waals surface area contributed by atoms with Gasteiger partial charge in [0, 0.05) is 12.1 Å². The predicted molar refractivity (Wildman–Crippen MR) is 127 cm³/mol. The first-order valence-corrected chi connectivity index (χ1v) is 10.7. The maximum atomic E-state index is 12.7. The summed E-state index contributed by atoms with van der Waals surface area (Å²) >= 11 is 5.35. The van der Waals surface area contributed by atoms with Gasteiger partial charge in [0.15, 0.2) is 10.6 Å². The van der Waals surface area contributed by atoms with Crippen LogP contribution in [0.2, 0.25) is 0 Å². The molecule has 1 aromatic heterocycles. The Morgan fingerprint density at radius 2 is 1.78 bits per heavy atom. The number of rotatable bonds is 8. The zero-order valence-corrected chi connectivity index (χ0v) is 18.6. The maximum absolute atomic E-state index is 12.7. The Kier molecular flexibility index (Phi) is 6.77. The summed E-state index contributed by atoms with van der Waals surface area (Å²) in [4.78, 5) is 12.7. The topological polar surface area (TPSA) is 71.9 Å². The van der Waals surface area contributed by atoms with E-state index in [9.17, 15) is 4.79 Å². The van der Waals surface area contributed by atoms with Crippen LogP contribution in [0.4, 0.5) is 0 Å². The molecule has 1 heterocycles. The van der Waals surface area contributed by atoms with Gasteiger partial charge in [-0.15, -0.1) is 0 Å². The lowest BCUT2D eigenvalue weighted by Gasteiger charge is -2.13. The van der Waals surface area contributed by atoms with Crippen LogP contribution in [0.15, 0.2) is 78.9 Å². The summed E-state index contributed by atoms with van der Waals surface area (Å²) in [5.74, 6) is 1.31. The first-order chi connectivity index (χ1) is 15.6. The number of para-hydroxylation sites is 1. The summed E-state index contributed by atoms with van der Waals surface area (Å²) in [5, 5.41) is 10.1. The molecule has 4 rings (SSSR count). The number of ether oxygens (including phenoxy) is 1. The molecule has 0 aliphatic heterocycles. The Labute approximate surface area is 191 Å². The van der Waals surface area contributed by atoms with Gasteiger partial charge in [-0.25, -0.2) is 0 Å². The number of nitrogens with zero attached hydrogens (tertiary/aromatic N) is 2. The fourth-order valence-corrected chi connectivity index (χ4v) is 3.61. The lowest BCUT2D eigenvalue weighted by Crippen LogP contribution is -2.28. The van der Waals surface area contributed by atoms with Crippen LogP contribution in [0, 0.1) is 11.7 Å². The molecule has 0 saturated heterocycles. The lowest BCUT2D eigenvalue weighted by atomic mass is 10.1.